The zero-order chi connectivity index (χ0) is 11.3. The summed E-state index contributed by atoms with van der Waals surface area (Å²) in [4.78, 5) is 19.1. The van der Waals surface area contributed by atoms with Crippen LogP contribution in [0.3, 0.4) is 0 Å². The Kier molecular flexibility index (Phi) is 1.57. The fraction of sp³-hybridized carbons (Fsp3) is 0.100. The number of hydrogen-bond donors (Lipinski definition) is 2. The SMILES string of the molecule is Cn1[nH]cc2cc3nc(C(N)=O)nc3cc21. The molecule has 0 saturated carbocycles. The molecule has 0 spiro atoms. The van der Waals surface area contributed by atoms with Gasteiger partial charge >= 0.3 is 0 Å². The van der Waals surface area contributed by atoms with Gasteiger partial charge in [0.1, 0.15) is 0 Å². The lowest BCUT2D eigenvalue weighted by atomic mass is 10.2. The molecule has 6 heteroatoms. The summed E-state index contributed by atoms with van der Waals surface area (Å²) in [5.74, 6) is -0.541. The van der Waals surface area contributed by atoms with Crippen LogP contribution in [0.1, 0.15) is 10.6 Å². The second kappa shape index (κ2) is 2.82. The summed E-state index contributed by atoms with van der Waals surface area (Å²) >= 11 is 0. The monoisotopic (exact) mass is 215 g/mol. The van der Waals surface area contributed by atoms with Gasteiger partial charge in [-0.1, -0.05) is 0 Å². The van der Waals surface area contributed by atoms with Crippen molar-refractivity contribution >= 4 is 27.8 Å². The van der Waals surface area contributed by atoms with Crippen molar-refractivity contribution in [2.45, 2.75) is 0 Å². The van der Waals surface area contributed by atoms with Gasteiger partial charge in [0.05, 0.1) is 16.6 Å². The maximum atomic E-state index is 11.0. The highest BCUT2D eigenvalue weighted by Gasteiger charge is 2.10. The number of nitrogens with two attached hydrogens (primary N) is 1. The number of benzene rings is 1. The van der Waals surface area contributed by atoms with Crippen LogP contribution in [0, 0.1) is 0 Å². The number of nitrogens with zero attached hydrogens (tertiary/aromatic N) is 3. The molecule has 2 heterocycles. The molecular weight excluding hydrogens is 206 g/mol. The molecule has 0 radical (unpaired) electrons. The van der Waals surface area contributed by atoms with Crippen molar-refractivity contribution in [3.8, 4) is 0 Å². The van der Waals surface area contributed by atoms with Crippen molar-refractivity contribution in [1.29, 1.82) is 0 Å². The van der Waals surface area contributed by atoms with E-state index in [1.165, 1.54) is 0 Å². The first kappa shape index (κ1) is 8.90. The van der Waals surface area contributed by atoms with Crippen LogP contribution in [-0.2, 0) is 7.05 Å². The highest BCUT2D eigenvalue weighted by atomic mass is 16.1. The number of fused-ring (bicyclic) bond motifs is 2. The Bertz CT molecular complexity index is 708. The van der Waals surface area contributed by atoms with Gasteiger partial charge in [-0.05, 0) is 12.1 Å². The lowest BCUT2D eigenvalue weighted by Crippen LogP contribution is -2.12. The van der Waals surface area contributed by atoms with Gasteiger partial charge in [-0.3, -0.25) is 9.48 Å². The lowest BCUT2D eigenvalue weighted by molar-refractivity contribution is 0.0991. The van der Waals surface area contributed by atoms with E-state index < -0.39 is 5.91 Å². The summed E-state index contributed by atoms with van der Waals surface area (Å²) in [7, 11) is 1.90. The predicted molar refractivity (Wildman–Crippen MR) is 58.9 cm³/mol. The van der Waals surface area contributed by atoms with Crippen molar-refractivity contribution in [1.82, 2.24) is 19.7 Å². The highest BCUT2D eigenvalue weighted by molar-refractivity contribution is 5.97. The number of carbonyl (C=O) groups excluding carboxylic acids is 1. The molecule has 3 N–H and O–H groups in total. The van der Waals surface area contributed by atoms with Crippen LogP contribution < -0.4 is 5.73 Å². The molecule has 0 aliphatic heterocycles. The van der Waals surface area contributed by atoms with Gasteiger partial charge in [0.2, 0.25) is 5.82 Å². The number of hydrogen-bond acceptors (Lipinski definition) is 3. The maximum absolute atomic E-state index is 11.0. The third-order valence-corrected chi connectivity index (χ3v) is 2.57. The van der Waals surface area contributed by atoms with Crippen molar-refractivity contribution in [3.05, 3.63) is 24.2 Å². The van der Waals surface area contributed by atoms with E-state index in [2.05, 4.69) is 15.1 Å². The van der Waals surface area contributed by atoms with Crippen LogP contribution >= 0.6 is 0 Å². The quantitative estimate of drug-likeness (QED) is 0.621. The highest BCUT2D eigenvalue weighted by Crippen LogP contribution is 2.20. The molecule has 1 amide bonds. The molecule has 16 heavy (non-hydrogen) atoms. The molecule has 0 atom stereocenters. The Hall–Kier alpha value is -2.37. The molecule has 1 aromatic carbocycles. The van der Waals surface area contributed by atoms with E-state index in [0.29, 0.717) is 11.0 Å². The normalized spacial score (nSPS) is 11.3. The molecule has 3 aromatic rings. The number of imidazole rings is 1. The molecule has 0 fully saturated rings. The molecule has 0 aliphatic carbocycles. The Morgan fingerprint density at radius 3 is 2.75 bits per heavy atom. The Labute approximate surface area is 90.1 Å². The number of H-pyrrole nitrogens is 1. The van der Waals surface area contributed by atoms with E-state index >= 15 is 0 Å². The first-order chi connectivity index (χ1) is 7.65. The average Bonchev–Trinajstić information content (AvgIpc) is 2.80. The first-order valence-electron chi connectivity index (χ1n) is 4.76. The number of primary amides is 1. The molecule has 3 rings (SSSR count). The third-order valence-electron chi connectivity index (χ3n) is 2.57. The summed E-state index contributed by atoms with van der Waals surface area (Å²) in [6, 6.07) is 3.75. The third kappa shape index (κ3) is 1.10. The molecule has 80 valence electrons. The summed E-state index contributed by atoms with van der Waals surface area (Å²) in [6.07, 6.45) is 1.87. The van der Waals surface area contributed by atoms with Gasteiger partial charge in [-0.2, -0.15) is 0 Å². The van der Waals surface area contributed by atoms with Crippen LogP contribution in [0.5, 0.6) is 0 Å². The predicted octanol–water partition coefficient (Wildman–Crippen LogP) is 0.548. The zero-order valence-corrected chi connectivity index (χ0v) is 8.56. The van der Waals surface area contributed by atoms with Crippen LogP contribution in [0.4, 0.5) is 0 Å². The van der Waals surface area contributed by atoms with Crippen LogP contribution in [-0.4, -0.2) is 25.7 Å². The van der Waals surface area contributed by atoms with E-state index in [4.69, 9.17) is 5.73 Å². The Morgan fingerprint density at radius 1 is 1.38 bits per heavy atom. The summed E-state index contributed by atoms with van der Waals surface area (Å²) in [5, 5.41) is 4.07. The molecule has 0 bridgehead atoms. The average molecular weight is 215 g/mol. The fourth-order valence-electron chi connectivity index (χ4n) is 1.77. The van der Waals surface area contributed by atoms with E-state index in [1.807, 2.05) is 30.1 Å². The summed E-state index contributed by atoms with van der Waals surface area (Å²) in [6.45, 7) is 0. The van der Waals surface area contributed by atoms with Gasteiger partial charge in [0.25, 0.3) is 5.91 Å². The van der Waals surface area contributed by atoms with Crippen molar-refractivity contribution in [3.63, 3.8) is 0 Å². The lowest BCUT2D eigenvalue weighted by Gasteiger charge is -1.93. The molecule has 6 nitrogen and oxygen atoms in total. The van der Waals surface area contributed by atoms with Crippen LogP contribution in [0.25, 0.3) is 21.9 Å². The smallest absolute Gasteiger partial charge is 0.286 e. The minimum atomic E-state index is -0.605. The minimum Gasteiger partial charge on any atom is -0.363 e. The second-order valence-electron chi connectivity index (χ2n) is 3.64. The summed E-state index contributed by atoms with van der Waals surface area (Å²) < 4.78 is 1.87. The number of rotatable bonds is 1. The van der Waals surface area contributed by atoms with Gasteiger partial charge in [-0.15, -0.1) is 0 Å². The Balaban J connectivity index is 2.39. The summed E-state index contributed by atoms with van der Waals surface area (Å²) in [5.41, 5.74) is 7.49. The van der Waals surface area contributed by atoms with Gasteiger partial charge < -0.3 is 10.8 Å². The van der Waals surface area contributed by atoms with Gasteiger partial charge in [-0.25, -0.2) is 9.97 Å². The molecule has 0 aliphatic rings. The molecule has 0 saturated heterocycles. The van der Waals surface area contributed by atoms with Crippen molar-refractivity contribution in [2.75, 3.05) is 0 Å². The number of amides is 1. The number of carbonyl (C=O) groups is 1. The fourth-order valence-corrected chi connectivity index (χ4v) is 1.77. The molecule has 0 unspecified atom stereocenters. The maximum Gasteiger partial charge on any atom is 0.286 e. The van der Waals surface area contributed by atoms with E-state index in [9.17, 15) is 4.79 Å². The topological polar surface area (TPSA) is 89.6 Å². The van der Waals surface area contributed by atoms with Crippen molar-refractivity contribution < 1.29 is 4.79 Å². The van der Waals surface area contributed by atoms with E-state index in [1.54, 1.807) is 0 Å². The first-order valence-corrected chi connectivity index (χ1v) is 4.76. The number of aromatic nitrogens is 4. The Morgan fingerprint density at radius 2 is 2.06 bits per heavy atom. The largest absolute Gasteiger partial charge is 0.363 e. The van der Waals surface area contributed by atoms with Gasteiger partial charge in [0.15, 0.2) is 0 Å². The van der Waals surface area contributed by atoms with E-state index in [0.717, 1.165) is 10.9 Å². The minimum absolute atomic E-state index is 0.0642. The molecular formula is C10H9N5O. The van der Waals surface area contributed by atoms with Crippen LogP contribution in [0.15, 0.2) is 18.3 Å². The standard InChI is InChI=1S/C10H9N5O/c1-15-8-3-7-6(2-5(8)4-12-15)13-10(14-7)9(11)16/h2-4,12H,1H3,(H2,11,16). The number of aryl methyl sites for hydroxylation is 1. The number of aromatic amines is 1. The molecule has 2 aromatic heterocycles. The number of nitrogens with one attached hydrogen (secondary N) is 1. The van der Waals surface area contributed by atoms with E-state index in [-0.39, 0.29) is 5.82 Å². The van der Waals surface area contributed by atoms with Crippen molar-refractivity contribution in [2.24, 2.45) is 12.8 Å². The van der Waals surface area contributed by atoms with Crippen LogP contribution in [0.2, 0.25) is 0 Å². The van der Waals surface area contributed by atoms with Gasteiger partial charge in [0, 0.05) is 18.6 Å². The second-order valence-corrected chi connectivity index (χ2v) is 3.64. The zero-order valence-electron chi connectivity index (χ0n) is 8.56.